The van der Waals surface area contributed by atoms with Gasteiger partial charge >= 0.3 is 0 Å². The zero-order valence-electron chi connectivity index (χ0n) is 13.7. The molecule has 2 aromatic rings. The summed E-state index contributed by atoms with van der Waals surface area (Å²) in [6.07, 6.45) is 2.00. The molecule has 0 radical (unpaired) electrons. The van der Waals surface area contributed by atoms with Crippen LogP contribution in [0.1, 0.15) is 32.0 Å². The molecule has 5 nitrogen and oxygen atoms in total. The number of allylic oxidation sites excluding steroid dienone is 1. The molecule has 2 rings (SSSR count). The lowest BCUT2D eigenvalue weighted by molar-refractivity contribution is 0.742. The third kappa shape index (κ3) is 2.88. The van der Waals surface area contributed by atoms with Gasteiger partial charge in [-0.1, -0.05) is 13.8 Å². The number of anilines is 1. The molecule has 0 bridgehead atoms. The van der Waals surface area contributed by atoms with Crippen LogP contribution in [0.5, 0.6) is 0 Å². The highest BCUT2D eigenvalue weighted by Crippen LogP contribution is 2.26. The summed E-state index contributed by atoms with van der Waals surface area (Å²) in [5, 5.41) is 2.92. The van der Waals surface area contributed by atoms with Crippen molar-refractivity contribution in [1.82, 2.24) is 14.5 Å². The van der Waals surface area contributed by atoms with Gasteiger partial charge in [0.15, 0.2) is 0 Å². The highest BCUT2D eigenvalue weighted by atomic mass is 32.2. The van der Waals surface area contributed by atoms with Crippen LogP contribution in [-0.2, 0) is 6.54 Å². The van der Waals surface area contributed by atoms with E-state index in [2.05, 4.69) is 23.8 Å². The molecule has 2 aromatic heterocycles. The summed E-state index contributed by atoms with van der Waals surface area (Å²) < 4.78 is 1.67. The average Bonchev–Trinajstić information content (AvgIpc) is 2.44. The number of rotatable bonds is 4. The number of aryl methyl sites for hydroxylation is 2. The van der Waals surface area contributed by atoms with Crippen LogP contribution in [0.2, 0.25) is 0 Å². The van der Waals surface area contributed by atoms with Crippen molar-refractivity contribution in [3.8, 4) is 0 Å². The van der Waals surface area contributed by atoms with Gasteiger partial charge in [-0.3, -0.25) is 9.36 Å². The summed E-state index contributed by atoms with van der Waals surface area (Å²) in [6, 6.07) is 1.90. The Balaban J connectivity index is 2.91. The van der Waals surface area contributed by atoms with Gasteiger partial charge in [0.1, 0.15) is 5.65 Å². The van der Waals surface area contributed by atoms with Crippen molar-refractivity contribution in [2.24, 2.45) is 5.92 Å². The molecule has 0 atom stereocenters. The van der Waals surface area contributed by atoms with E-state index in [1.165, 1.54) is 0 Å². The third-order valence-electron chi connectivity index (χ3n) is 3.65. The largest absolute Gasteiger partial charge is 0.368 e. The number of aromatic nitrogens is 3. The first-order chi connectivity index (χ1) is 10.4. The van der Waals surface area contributed by atoms with Crippen molar-refractivity contribution in [3.05, 3.63) is 33.1 Å². The number of nitrogens with zero attached hydrogens (tertiary/aromatic N) is 3. The highest BCUT2D eigenvalue weighted by molar-refractivity contribution is 8.01. The fraction of sp³-hybridized carbons (Fsp3) is 0.438. The number of nitrogen functional groups attached to an aromatic ring is 1. The molecule has 0 aromatic carbocycles. The second-order valence-electron chi connectivity index (χ2n) is 5.48. The Morgan fingerprint density at radius 3 is 2.68 bits per heavy atom. The van der Waals surface area contributed by atoms with E-state index in [4.69, 9.17) is 5.73 Å². The predicted molar refractivity (Wildman–Crippen MR) is 95.0 cm³/mol. The number of hydrogen-bond acceptors (Lipinski definition) is 5. The van der Waals surface area contributed by atoms with Crippen LogP contribution in [0.25, 0.3) is 16.6 Å². The topological polar surface area (TPSA) is 73.8 Å². The van der Waals surface area contributed by atoms with E-state index in [0.717, 1.165) is 22.2 Å². The number of thioether (sulfide) groups is 1. The van der Waals surface area contributed by atoms with Crippen molar-refractivity contribution in [1.29, 1.82) is 0 Å². The summed E-state index contributed by atoms with van der Waals surface area (Å²) in [6.45, 7) is 8.56. The van der Waals surface area contributed by atoms with Crippen LogP contribution < -0.4 is 11.3 Å². The molecule has 6 heteroatoms. The number of hydrogen-bond donors (Lipinski definition) is 1. The maximum Gasteiger partial charge on any atom is 0.259 e. The molecule has 0 saturated heterocycles. The molecule has 118 valence electrons. The van der Waals surface area contributed by atoms with E-state index < -0.39 is 0 Å². The summed E-state index contributed by atoms with van der Waals surface area (Å²) in [4.78, 5) is 21.4. The molecule has 0 unspecified atom stereocenters. The summed E-state index contributed by atoms with van der Waals surface area (Å²) in [7, 11) is 0. The van der Waals surface area contributed by atoms with Crippen molar-refractivity contribution in [2.45, 2.75) is 34.2 Å². The predicted octanol–water partition coefficient (Wildman–Crippen LogP) is 3.06. The Morgan fingerprint density at radius 1 is 1.45 bits per heavy atom. The van der Waals surface area contributed by atoms with Gasteiger partial charge < -0.3 is 5.73 Å². The fourth-order valence-corrected chi connectivity index (χ4v) is 3.20. The van der Waals surface area contributed by atoms with Crippen molar-refractivity contribution in [3.63, 3.8) is 0 Å². The zero-order valence-corrected chi connectivity index (χ0v) is 14.5. The van der Waals surface area contributed by atoms with Gasteiger partial charge in [-0.2, -0.15) is 4.98 Å². The van der Waals surface area contributed by atoms with Crippen LogP contribution in [0.4, 0.5) is 5.95 Å². The van der Waals surface area contributed by atoms with E-state index in [1.807, 2.05) is 31.6 Å². The maximum atomic E-state index is 12.9. The lowest BCUT2D eigenvalue weighted by atomic mass is 9.97. The van der Waals surface area contributed by atoms with Crippen LogP contribution in [0.3, 0.4) is 0 Å². The Labute approximate surface area is 134 Å². The first kappa shape index (κ1) is 16.5. The lowest BCUT2D eigenvalue weighted by Gasteiger charge is -2.16. The third-order valence-corrected chi connectivity index (χ3v) is 4.14. The zero-order chi connectivity index (χ0) is 16.4. The Bertz CT molecular complexity index is 793. The molecule has 2 heterocycles. The van der Waals surface area contributed by atoms with Crippen molar-refractivity contribution >= 4 is 34.3 Å². The number of fused-ring (bicyclic) bond motifs is 1. The number of pyridine rings is 1. The van der Waals surface area contributed by atoms with Crippen LogP contribution in [0, 0.1) is 12.8 Å². The van der Waals surface area contributed by atoms with Gasteiger partial charge in [0.05, 0.1) is 5.69 Å². The van der Waals surface area contributed by atoms with E-state index in [9.17, 15) is 4.79 Å². The van der Waals surface area contributed by atoms with Gasteiger partial charge in [-0.15, -0.1) is 11.8 Å². The molecule has 0 fully saturated rings. The first-order valence-electron chi connectivity index (χ1n) is 7.31. The van der Waals surface area contributed by atoms with Gasteiger partial charge in [0.25, 0.3) is 5.56 Å². The monoisotopic (exact) mass is 318 g/mol. The van der Waals surface area contributed by atoms with Crippen molar-refractivity contribution in [2.75, 3.05) is 12.0 Å². The van der Waals surface area contributed by atoms with E-state index in [1.54, 1.807) is 16.3 Å². The minimum Gasteiger partial charge on any atom is -0.368 e. The second kappa shape index (κ2) is 6.52. The van der Waals surface area contributed by atoms with Crippen LogP contribution in [0.15, 0.2) is 16.3 Å². The molecule has 0 aliphatic carbocycles. The Morgan fingerprint density at radius 2 is 2.14 bits per heavy atom. The molecular formula is C16H22N4OS. The molecule has 0 aliphatic rings. The highest BCUT2D eigenvalue weighted by Gasteiger charge is 2.17. The van der Waals surface area contributed by atoms with E-state index >= 15 is 0 Å². The molecular weight excluding hydrogens is 296 g/mol. The molecule has 22 heavy (non-hydrogen) atoms. The van der Waals surface area contributed by atoms with Gasteiger partial charge in [-0.25, -0.2) is 4.98 Å². The molecule has 0 aliphatic heterocycles. The second-order valence-corrected chi connectivity index (χ2v) is 6.18. The first-order valence-corrected chi connectivity index (χ1v) is 8.60. The van der Waals surface area contributed by atoms with Gasteiger partial charge in [0, 0.05) is 17.5 Å². The fourth-order valence-electron chi connectivity index (χ4n) is 2.55. The molecule has 2 N–H and O–H groups in total. The Hall–Kier alpha value is -1.82. The van der Waals surface area contributed by atoms with Gasteiger partial charge in [-0.05, 0) is 43.1 Å². The SMILES string of the molecule is CCn1c(=O)c(/C(=C/SC)C(C)C)cc2c(C)nc(N)nc21. The van der Waals surface area contributed by atoms with Crippen LogP contribution in [-0.4, -0.2) is 20.8 Å². The molecule has 0 amide bonds. The quantitative estimate of drug-likeness (QED) is 0.938. The average molecular weight is 318 g/mol. The molecule has 0 spiro atoms. The van der Waals surface area contributed by atoms with Crippen LogP contribution >= 0.6 is 11.8 Å². The minimum atomic E-state index is -0.0264. The smallest absolute Gasteiger partial charge is 0.259 e. The van der Waals surface area contributed by atoms with Crippen molar-refractivity contribution < 1.29 is 0 Å². The minimum absolute atomic E-state index is 0.0264. The van der Waals surface area contributed by atoms with E-state index in [0.29, 0.717) is 12.2 Å². The summed E-state index contributed by atoms with van der Waals surface area (Å²) in [5.74, 6) is 0.459. The standard InChI is InChI=1S/C16H22N4OS/c1-6-20-14-11(10(4)18-16(17)19-14)7-12(15(20)21)13(8-22-5)9(2)3/h7-9H,6H2,1-5H3,(H2,17,18,19)/b13-8+. The van der Waals surface area contributed by atoms with E-state index in [-0.39, 0.29) is 17.4 Å². The van der Waals surface area contributed by atoms with Gasteiger partial charge in [0.2, 0.25) is 5.95 Å². The summed E-state index contributed by atoms with van der Waals surface area (Å²) >= 11 is 1.61. The lowest BCUT2D eigenvalue weighted by Crippen LogP contribution is -2.25. The maximum absolute atomic E-state index is 12.9. The number of nitrogens with two attached hydrogens (primary N) is 1. The normalized spacial score (nSPS) is 12.4. The summed E-state index contributed by atoms with van der Waals surface area (Å²) in [5.41, 5.74) is 8.87. The molecule has 0 saturated carbocycles. The Kier molecular flexibility index (Phi) is 4.90.